The molecule has 0 atom stereocenters. The summed E-state index contributed by atoms with van der Waals surface area (Å²) in [5.74, 6) is 0.0988. The van der Waals surface area contributed by atoms with E-state index < -0.39 is 5.97 Å². The van der Waals surface area contributed by atoms with Crippen molar-refractivity contribution in [1.29, 1.82) is 0 Å². The number of phenols is 1. The fourth-order valence-electron chi connectivity index (χ4n) is 2.77. The summed E-state index contributed by atoms with van der Waals surface area (Å²) in [6.45, 7) is 10.1. The average molecular weight is 367 g/mol. The summed E-state index contributed by atoms with van der Waals surface area (Å²) < 4.78 is 0. The van der Waals surface area contributed by atoms with Crippen molar-refractivity contribution in [1.82, 2.24) is 0 Å². The van der Waals surface area contributed by atoms with Crippen LogP contribution in [0.2, 0.25) is 0 Å². The Morgan fingerprint density at radius 3 is 1.88 bits per heavy atom. The van der Waals surface area contributed by atoms with Crippen LogP contribution in [0.5, 0.6) is 5.75 Å². The van der Waals surface area contributed by atoms with Crippen molar-refractivity contribution in [3.05, 3.63) is 28.8 Å². The fraction of sp³-hybridized carbons (Fsp3) is 0.682. The molecule has 1 aromatic rings. The quantitative estimate of drug-likeness (QED) is 0.390. The molecule has 0 aliphatic rings. The number of carbonyl (C=O) groups is 1. The highest BCUT2D eigenvalue weighted by Crippen LogP contribution is 2.29. The molecule has 0 saturated carbocycles. The van der Waals surface area contributed by atoms with Crippen LogP contribution in [0.3, 0.4) is 0 Å². The van der Waals surface area contributed by atoms with E-state index >= 15 is 0 Å². The number of hydrogen-bond donors (Lipinski definition) is 1. The molecule has 0 spiro atoms. The van der Waals surface area contributed by atoms with Gasteiger partial charge in [0, 0.05) is 6.92 Å². The maximum Gasteiger partial charge on any atom is 0.339 e. The summed E-state index contributed by atoms with van der Waals surface area (Å²) in [4.78, 5) is 18.2. The molecule has 0 saturated heterocycles. The highest BCUT2D eigenvalue weighted by Gasteiger charge is 2.12. The SMILES string of the molecule is CCCCc1ccc(O)c(CCCC)c1CCCC.CCOOC(C)=O. The highest BCUT2D eigenvalue weighted by atomic mass is 17.2. The van der Waals surface area contributed by atoms with Crippen molar-refractivity contribution in [3.63, 3.8) is 0 Å². The first-order valence-electron chi connectivity index (χ1n) is 10.1. The molecule has 4 nitrogen and oxygen atoms in total. The molecule has 0 radical (unpaired) electrons. The highest BCUT2D eigenvalue weighted by molar-refractivity contribution is 5.65. The van der Waals surface area contributed by atoms with E-state index in [-0.39, 0.29) is 0 Å². The summed E-state index contributed by atoms with van der Waals surface area (Å²) >= 11 is 0. The first-order chi connectivity index (χ1) is 12.5. The third-order valence-electron chi connectivity index (χ3n) is 4.16. The minimum atomic E-state index is -0.415. The van der Waals surface area contributed by atoms with Crippen LogP contribution in [-0.2, 0) is 33.8 Å². The lowest BCUT2D eigenvalue weighted by Crippen LogP contribution is -2.02. The first kappa shape index (κ1) is 24.5. The normalized spacial score (nSPS) is 10.2. The van der Waals surface area contributed by atoms with E-state index in [9.17, 15) is 9.90 Å². The Morgan fingerprint density at radius 2 is 1.42 bits per heavy atom. The topological polar surface area (TPSA) is 55.8 Å². The third kappa shape index (κ3) is 10.4. The predicted octanol–water partition coefficient (Wildman–Crippen LogP) is 5.92. The molecule has 1 rings (SSSR count). The lowest BCUT2D eigenvalue weighted by Gasteiger charge is -2.16. The second kappa shape index (κ2) is 15.7. The summed E-state index contributed by atoms with van der Waals surface area (Å²) in [6, 6.07) is 4.05. The van der Waals surface area contributed by atoms with Gasteiger partial charge in [0.2, 0.25) is 0 Å². The smallest absolute Gasteiger partial charge is 0.339 e. The zero-order valence-corrected chi connectivity index (χ0v) is 17.4. The molecule has 0 unspecified atom stereocenters. The molecule has 0 bridgehead atoms. The maximum atomic E-state index is 10.2. The van der Waals surface area contributed by atoms with E-state index in [4.69, 9.17) is 0 Å². The standard InChI is InChI=1S/C18H30O.C4H8O3/c1-4-7-10-15-13-14-18(19)17(12-9-6-3)16(15)11-8-5-2;1-3-6-7-4(2)5/h13-14,19H,4-12H2,1-3H3;3H2,1-2H3. The molecular weight excluding hydrogens is 328 g/mol. The van der Waals surface area contributed by atoms with Gasteiger partial charge in [0.25, 0.3) is 0 Å². The Kier molecular flexibility index (Phi) is 14.8. The van der Waals surface area contributed by atoms with Crippen LogP contribution in [0.4, 0.5) is 0 Å². The average Bonchev–Trinajstić information content (AvgIpc) is 2.63. The number of hydrogen-bond acceptors (Lipinski definition) is 4. The van der Waals surface area contributed by atoms with Crippen LogP contribution in [0.1, 0.15) is 89.8 Å². The van der Waals surface area contributed by atoms with Gasteiger partial charge in [-0.1, -0.05) is 46.1 Å². The zero-order chi connectivity index (χ0) is 19.8. The fourth-order valence-corrected chi connectivity index (χ4v) is 2.77. The van der Waals surface area contributed by atoms with E-state index in [2.05, 4.69) is 36.6 Å². The number of carbonyl (C=O) groups excluding carboxylic acids is 1. The molecule has 1 N–H and O–H groups in total. The van der Waals surface area contributed by atoms with Gasteiger partial charge in [-0.3, -0.25) is 4.89 Å². The van der Waals surface area contributed by atoms with Gasteiger partial charge in [0.1, 0.15) is 5.75 Å². The van der Waals surface area contributed by atoms with Crippen LogP contribution in [-0.4, -0.2) is 17.7 Å². The maximum absolute atomic E-state index is 10.2. The number of aromatic hydroxyl groups is 1. The molecule has 150 valence electrons. The summed E-state index contributed by atoms with van der Waals surface area (Å²) in [7, 11) is 0. The summed E-state index contributed by atoms with van der Waals surface area (Å²) in [5, 5.41) is 10.2. The Hall–Kier alpha value is -1.55. The van der Waals surface area contributed by atoms with Crippen molar-refractivity contribution in [2.45, 2.75) is 92.4 Å². The Labute approximate surface area is 159 Å². The molecule has 0 heterocycles. The molecule has 0 aliphatic heterocycles. The minimum absolute atomic E-state index is 0.402. The Balaban J connectivity index is 0.000000758. The largest absolute Gasteiger partial charge is 0.508 e. The number of benzene rings is 1. The van der Waals surface area contributed by atoms with Gasteiger partial charge in [-0.05, 0) is 68.2 Å². The van der Waals surface area contributed by atoms with Gasteiger partial charge in [-0.2, -0.15) is 4.89 Å². The van der Waals surface area contributed by atoms with Gasteiger partial charge in [0.05, 0.1) is 6.61 Å². The molecule has 0 aromatic heterocycles. The molecular formula is C22H38O4. The van der Waals surface area contributed by atoms with Crippen LogP contribution >= 0.6 is 0 Å². The van der Waals surface area contributed by atoms with E-state index in [1.54, 1.807) is 6.92 Å². The minimum Gasteiger partial charge on any atom is -0.508 e. The van der Waals surface area contributed by atoms with E-state index in [1.807, 2.05) is 6.07 Å². The third-order valence-corrected chi connectivity index (χ3v) is 4.16. The number of aryl methyl sites for hydroxylation is 1. The van der Waals surface area contributed by atoms with Crippen LogP contribution < -0.4 is 0 Å². The molecule has 0 fully saturated rings. The van der Waals surface area contributed by atoms with Crippen molar-refractivity contribution < 1.29 is 19.7 Å². The zero-order valence-electron chi connectivity index (χ0n) is 17.4. The monoisotopic (exact) mass is 366 g/mol. The van der Waals surface area contributed by atoms with E-state index in [1.165, 1.54) is 62.1 Å². The van der Waals surface area contributed by atoms with E-state index in [0.717, 1.165) is 19.3 Å². The van der Waals surface area contributed by atoms with Gasteiger partial charge < -0.3 is 5.11 Å². The summed E-state index contributed by atoms with van der Waals surface area (Å²) in [5.41, 5.74) is 4.15. The number of unbranched alkanes of at least 4 members (excludes halogenated alkanes) is 3. The molecule has 1 aromatic carbocycles. The first-order valence-corrected chi connectivity index (χ1v) is 10.1. The Bertz CT molecular complexity index is 497. The summed E-state index contributed by atoms with van der Waals surface area (Å²) in [6.07, 6.45) is 10.6. The van der Waals surface area contributed by atoms with Crippen LogP contribution in [0, 0.1) is 0 Å². The lowest BCUT2D eigenvalue weighted by molar-refractivity contribution is -0.267. The molecule has 0 aliphatic carbocycles. The van der Waals surface area contributed by atoms with Gasteiger partial charge >= 0.3 is 5.97 Å². The van der Waals surface area contributed by atoms with Crippen molar-refractivity contribution >= 4 is 5.97 Å². The Morgan fingerprint density at radius 1 is 0.885 bits per heavy atom. The van der Waals surface area contributed by atoms with Crippen molar-refractivity contribution in [2.75, 3.05) is 6.61 Å². The lowest BCUT2D eigenvalue weighted by atomic mass is 9.90. The molecule has 4 heteroatoms. The second-order valence-corrected chi connectivity index (χ2v) is 6.49. The van der Waals surface area contributed by atoms with Crippen molar-refractivity contribution in [2.24, 2.45) is 0 Å². The van der Waals surface area contributed by atoms with Gasteiger partial charge in [-0.25, -0.2) is 4.79 Å². The predicted molar refractivity (Wildman–Crippen MR) is 107 cm³/mol. The van der Waals surface area contributed by atoms with Crippen LogP contribution in [0.25, 0.3) is 0 Å². The molecule has 0 amide bonds. The van der Waals surface area contributed by atoms with Crippen molar-refractivity contribution in [3.8, 4) is 5.75 Å². The van der Waals surface area contributed by atoms with Gasteiger partial charge in [-0.15, -0.1) is 0 Å². The van der Waals surface area contributed by atoms with Crippen LogP contribution in [0.15, 0.2) is 12.1 Å². The number of rotatable bonds is 11. The van der Waals surface area contributed by atoms with E-state index in [0.29, 0.717) is 12.4 Å². The second-order valence-electron chi connectivity index (χ2n) is 6.49. The molecule has 26 heavy (non-hydrogen) atoms. The number of phenolic OH excluding ortho intramolecular Hbond substituents is 1. The van der Waals surface area contributed by atoms with Gasteiger partial charge in [0.15, 0.2) is 0 Å².